The minimum absolute atomic E-state index is 0.924. The lowest BCUT2D eigenvalue weighted by Crippen LogP contribution is -2.49. The fraction of sp³-hybridized carbons (Fsp3) is 0.667. The van der Waals surface area contributed by atoms with Gasteiger partial charge in [-0.05, 0) is 55.9 Å². The van der Waals surface area contributed by atoms with Crippen LogP contribution in [-0.2, 0) is 0 Å². The monoisotopic (exact) mass is 391 g/mol. The third kappa shape index (κ3) is 7.26. The number of thioether (sulfide) groups is 1. The highest BCUT2D eigenvalue weighted by Crippen LogP contribution is 2.23. The van der Waals surface area contributed by atoms with Crippen molar-refractivity contribution in [2.45, 2.75) is 26.7 Å². The lowest BCUT2D eigenvalue weighted by atomic mass is 10.1. The van der Waals surface area contributed by atoms with Gasteiger partial charge in [0.05, 0.1) is 0 Å². The summed E-state index contributed by atoms with van der Waals surface area (Å²) in [5, 5.41) is 6.85. The minimum atomic E-state index is 0.924. The third-order valence-corrected chi connectivity index (χ3v) is 6.00. The molecule has 152 valence electrons. The molecule has 0 aromatic heterocycles. The van der Waals surface area contributed by atoms with Crippen LogP contribution in [0.3, 0.4) is 0 Å². The van der Waals surface area contributed by atoms with E-state index in [2.05, 4.69) is 63.7 Å². The standard InChI is InChI=1S/C21H37N5S/c1-18-8-7-9-20(19(18)2)26-15-13-25(14-16-26)12-11-24-21(22-3)23-10-5-6-17-27-4/h7-9H,5-6,10-17H2,1-4H3,(H2,22,23,24). The van der Waals surface area contributed by atoms with Crippen LogP contribution in [0.25, 0.3) is 0 Å². The molecule has 0 aliphatic carbocycles. The van der Waals surface area contributed by atoms with Crippen molar-refractivity contribution < 1.29 is 0 Å². The summed E-state index contributed by atoms with van der Waals surface area (Å²) in [6.45, 7) is 11.9. The molecule has 1 fully saturated rings. The smallest absolute Gasteiger partial charge is 0.191 e. The molecule has 0 bridgehead atoms. The van der Waals surface area contributed by atoms with E-state index in [9.17, 15) is 0 Å². The van der Waals surface area contributed by atoms with Gasteiger partial charge in [0.2, 0.25) is 0 Å². The van der Waals surface area contributed by atoms with Crippen molar-refractivity contribution in [1.29, 1.82) is 0 Å². The molecule has 1 aliphatic heterocycles. The maximum absolute atomic E-state index is 4.32. The van der Waals surface area contributed by atoms with Gasteiger partial charge in [0.1, 0.15) is 0 Å². The average molecular weight is 392 g/mol. The van der Waals surface area contributed by atoms with E-state index in [4.69, 9.17) is 0 Å². The Balaban J connectivity index is 1.65. The number of hydrogen-bond donors (Lipinski definition) is 2. The summed E-state index contributed by atoms with van der Waals surface area (Å²) in [5.41, 5.74) is 4.20. The van der Waals surface area contributed by atoms with Crippen molar-refractivity contribution in [2.75, 3.05) is 69.8 Å². The summed E-state index contributed by atoms with van der Waals surface area (Å²) in [6, 6.07) is 6.63. The Morgan fingerprint density at radius 3 is 2.52 bits per heavy atom. The summed E-state index contributed by atoms with van der Waals surface area (Å²) in [4.78, 5) is 9.39. The molecule has 5 nitrogen and oxygen atoms in total. The lowest BCUT2D eigenvalue weighted by Gasteiger charge is -2.37. The summed E-state index contributed by atoms with van der Waals surface area (Å²) in [5.74, 6) is 2.16. The van der Waals surface area contributed by atoms with Crippen molar-refractivity contribution in [1.82, 2.24) is 15.5 Å². The normalized spacial score (nSPS) is 15.9. The van der Waals surface area contributed by atoms with Gasteiger partial charge in [-0.3, -0.25) is 9.89 Å². The number of unbranched alkanes of at least 4 members (excludes halogenated alkanes) is 1. The van der Waals surface area contributed by atoms with E-state index in [0.717, 1.165) is 51.8 Å². The average Bonchev–Trinajstić information content (AvgIpc) is 2.69. The molecule has 0 radical (unpaired) electrons. The van der Waals surface area contributed by atoms with Crippen LogP contribution in [0.5, 0.6) is 0 Å². The first-order valence-corrected chi connectivity index (χ1v) is 11.5. The second-order valence-electron chi connectivity index (χ2n) is 7.17. The maximum atomic E-state index is 4.32. The molecule has 0 unspecified atom stereocenters. The highest BCUT2D eigenvalue weighted by atomic mass is 32.2. The molecule has 2 rings (SSSR count). The van der Waals surface area contributed by atoms with E-state index < -0.39 is 0 Å². The van der Waals surface area contributed by atoms with Gasteiger partial charge in [-0.1, -0.05) is 12.1 Å². The SMILES string of the molecule is CN=C(NCCCCSC)NCCN1CCN(c2cccc(C)c2C)CC1. The van der Waals surface area contributed by atoms with E-state index in [-0.39, 0.29) is 0 Å². The van der Waals surface area contributed by atoms with E-state index in [1.54, 1.807) is 0 Å². The van der Waals surface area contributed by atoms with Gasteiger partial charge < -0.3 is 15.5 Å². The Hall–Kier alpha value is -1.40. The summed E-state index contributed by atoms with van der Waals surface area (Å²) >= 11 is 1.91. The second kappa shape index (κ2) is 12.1. The van der Waals surface area contributed by atoms with Gasteiger partial charge in [0, 0.05) is 58.5 Å². The number of piperazine rings is 1. The van der Waals surface area contributed by atoms with E-state index in [1.165, 1.54) is 35.4 Å². The van der Waals surface area contributed by atoms with Crippen LogP contribution in [0.4, 0.5) is 5.69 Å². The van der Waals surface area contributed by atoms with Crippen LogP contribution in [0.15, 0.2) is 23.2 Å². The molecule has 0 atom stereocenters. The minimum Gasteiger partial charge on any atom is -0.369 e. The number of hydrogen-bond acceptors (Lipinski definition) is 4. The van der Waals surface area contributed by atoms with Crippen molar-refractivity contribution in [2.24, 2.45) is 4.99 Å². The Kier molecular flexibility index (Phi) is 9.84. The van der Waals surface area contributed by atoms with Crippen molar-refractivity contribution in [3.8, 4) is 0 Å². The maximum Gasteiger partial charge on any atom is 0.191 e. The first-order chi connectivity index (χ1) is 13.2. The van der Waals surface area contributed by atoms with Gasteiger partial charge in [0.25, 0.3) is 0 Å². The van der Waals surface area contributed by atoms with Gasteiger partial charge in [-0.2, -0.15) is 11.8 Å². The molecule has 0 saturated carbocycles. The van der Waals surface area contributed by atoms with Crippen LogP contribution in [0, 0.1) is 13.8 Å². The molecule has 27 heavy (non-hydrogen) atoms. The molecule has 6 heteroatoms. The predicted molar refractivity (Wildman–Crippen MR) is 122 cm³/mol. The number of aryl methyl sites for hydroxylation is 1. The van der Waals surface area contributed by atoms with Crippen LogP contribution in [0.1, 0.15) is 24.0 Å². The zero-order chi connectivity index (χ0) is 19.5. The zero-order valence-electron chi connectivity index (χ0n) is 17.6. The number of guanidine groups is 1. The van der Waals surface area contributed by atoms with Crippen molar-refractivity contribution in [3.05, 3.63) is 29.3 Å². The van der Waals surface area contributed by atoms with E-state index in [1.807, 2.05) is 18.8 Å². The first-order valence-electron chi connectivity index (χ1n) is 10.1. The molecular formula is C21H37N5S. The molecule has 1 aromatic rings. The number of nitrogens with zero attached hydrogens (tertiary/aromatic N) is 3. The quantitative estimate of drug-likeness (QED) is 0.385. The number of rotatable bonds is 9. The van der Waals surface area contributed by atoms with Crippen LogP contribution >= 0.6 is 11.8 Å². The molecule has 0 spiro atoms. The molecule has 2 N–H and O–H groups in total. The van der Waals surface area contributed by atoms with Crippen molar-refractivity contribution in [3.63, 3.8) is 0 Å². The number of benzene rings is 1. The number of anilines is 1. The van der Waals surface area contributed by atoms with Gasteiger partial charge in [-0.25, -0.2) is 0 Å². The van der Waals surface area contributed by atoms with Gasteiger partial charge in [0.15, 0.2) is 5.96 Å². The Morgan fingerprint density at radius 1 is 1.07 bits per heavy atom. The van der Waals surface area contributed by atoms with Gasteiger partial charge in [-0.15, -0.1) is 0 Å². The molecule has 1 aromatic carbocycles. The first kappa shape index (κ1) is 21.9. The number of nitrogens with one attached hydrogen (secondary N) is 2. The van der Waals surface area contributed by atoms with Crippen LogP contribution < -0.4 is 15.5 Å². The second-order valence-corrected chi connectivity index (χ2v) is 8.16. The Labute approximate surface area is 170 Å². The zero-order valence-corrected chi connectivity index (χ0v) is 18.4. The fourth-order valence-electron chi connectivity index (χ4n) is 3.42. The summed E-state index contributed by atoms with van der Waals surface area (Å²) in [6.07, 6.45) is 4.62. The topological polar surface area (TPSA) is 42.9 Å². The molecule has 1 aliphatic rings. The molecule has 1 heterocycles. The number of aliphatic imine (C=N–C) groups is 1. The lowest BCUT2D eigenvalue weighted by molar-refractivity contribution is 0.261. The van der Waals surface area contributed by atoms with Crippen LogP contribution in [0.2, 0.25) is 0 Å². The Bertz CT molecular complexity index is 582. The van der Waals surface area contributed by atoms with Crippen molar-refractivity contribution >= 4 is 23.4 Å². The van der Waals surface area contributed by atoms with Gasteiger partial charge >= 0.3 is 0 Å². The largest absolute Gasteiger partial charge is 0.369 e. The predicted octanol–water partition coefficient (Wildman–Crippen LogP) is 2.73. The van der Waals surface area contributed by atoms with Crippen LogP contribution in [-0.4, -0.2) is 75.7 Å². The molecular weight excluding hydrogens is 354 g/mol. The van der Waals surface area contributed by atoms with E-state index in [0.29, 0.717) is 0 Å². The Morgan fingerprint density at radius 2 is 1.81 bits per heavy atom. The summed E-state index contributed by atoms with van der Waals surface area (Å²) in [7, 11) is 1.85. The third-order valence-electron chi connectivity index (χ3n) is 5.30. The fourth-order valence-corrected chi connectivity index (χ4v) is 3.91. The molecule has 1 saturated heterocycles. The van der Waals surface area contributed by atoms with E-state index >= 15 is 0 Å². The highest BCUT2D eigenvalue weighted by molar-refractivity contribution is 7.98. The molecule has 0 amide bonds. The highest BCUT2D eigenvalue weighted by Gasteiger charge is 2.18. The summed E-state index contributed by atoms with van der Waals surface area (Å²) < 4.78 is 0.